The number of hydrogen-bond donors (Lipinski definition) is 0. The van der Waals surface area contributed by atoms with E-state index in [1.807, 2.05) is 30.3 Å². The monoisotopic (exact) mass is 451 g/mol. The zero-order valence-corrected chi connectivity index (χ0v) is 17.5. The number of aromatic nitrogens is 1. The maximum absolute atomic E-state index is 11.8. The number of nitrogens with zero attached hydrogens (tertiary/aromatic N) is 5. The van der Waals surface area contributed by atoms with Gasteiger partial charge in [-0.15, -0.1) is 0 Å². The molecule has 0 spiro atoms. The van der Waals surface area contributed by atoms with Crippen molar-refractivity contribution in [2.24, 2.45) is 10.1 Å². The number of carbonyl (C=O) groups is 1. The number of nitro groups is 1. The average molecular weight is 452 g/mol. The Balaban J connectivity index is 1.63. The van der Waals surface area contributed by atoms with E-state index in [1.165, 1.54) is 17.8 Å². The Bertz CT molecular complexity index is 1310. The van der Waals surface area contributed by atoms with E-state index >= 15 is 0 Å². The van der Waals surface area contributed by atoms with E-state index in [0.717, 1.165) is 16.5 Å². The van der Waals surface area contributed by atoms with Crippen LogP contribution in [0.5, 0.6) is 0 Å². The minimum atomic E-state index is -0.425. The number of hydrogen-bond acceptors (Lipinski definition) is 7. The predicted octanol–water partition coefficient (Wildman–Crippen LogP) is 4.58. The molecule has 3 aromatic rings. The summed E-state index contributed by atoms with van der Waals surface area (Å²) in [6.45, 7) is 0. The molecule has 0 N–H and O–H groups in total. The topological polar surface area (TPSA) is 101 Å². The minimum absolute atomic E-state index is 0.0262. The molecule has 3 heterocycles. The summed E-state index contributed by atoms with van der Waals surface area (Å²) in [5, 5.41) is 19.5. The first-order chi connectivity index (χ1) is 15.0. The van der Waals surface area contributed by atoms with Crippen molar-refractivity contribution in [3.8, 4) is 0 Å². The molecule has 0 saturated carbocycles. The number of hydrazone groups is 1. The van der Waals surface area contributed by atoms with Crippen molar-refractivity contribution in [2.45, 2.75) is 12.5 Å². The molecule has 1 unspecified atom stereocenters. The molecule has 154 valence electrons. The molecule has 1 aromatic heterocycles. The summed E-state index contributed by atoms with van der Waals surface area (Å²) in [4.78, 5) is 31.5. The maximum Gasteiger partial charge on any atom is 0.278 e. The molecule has 0 bridgehead atoms. The lowest BCUT2D eigenvalue weighted by Gasteiger charge is -2.23. The van der Waals surface area contributed by atoms with Crippen molar-refractivity contribution < 1.29 is 9.72 Å². The Labute approximate surface area is 185 Å². The molecule has 0 aliphatic carbocycles. The molecule has 10 heteroatoms. The van der Waals surface area contributed by atoms with E-state index in [0.29, 0.717) is 28.0 Å². The first-order valence-corrected chi connectivity index (χ1v) is 10.8. The average Bonchev–Trinajstić information content (AvgIpc) is 3.39. The van der Waals surface area contributed by atoms with Crippen LogP contribution in [0.1, 0.15) is 23.6 Å². The number of aliphatic imine (C=N–C) groups is 1. The van der Waals surface area contributed by atoms with Gasteiger partial charge in [0, 0.05) is 23.4 Å². The number of para-hydroxylation sites is 2. The Morgan fingerprint density at radius 3 is 2.71 bits per heavy atom. The second-order valence-corrected chi connectivity index (χ2v) is 8.32. The molecule has 5 rings (SSSR count). The highest BCUT2D eigenvalue weighted by Crippen LogP contribution is 2.40. The summed E-state index contributed by atoms with van der Waals surface area (Å²) in [6.07, 6.45) is 0.359. The number of pyridine rings is 1. The van der Waals surface area contributed by atoms with Gasteiger partial charge in [0.1, 0.15) is 5.15 Å². The summed E-state index contributed by atoms with van der Waals surface area (Å²) < 4.78 is 0. The third-order valence-corrected chi connectivity index (χ3v) is 6.36. The van der Waals surface area contributed by atoms with Crippen molar-refractivity contribution >= 4 is 56.7 Å². The van der Waals surface area contributed by atoms with E-state index in [9.17, 15) is 14.9 Å². The molecule has 0 radical (unpaired) electrons. The van der Waals surface area contributed by atoms with Gasteiger partial charge in [0.25, 0.3) is 11.6 Å². The fraction of sp³-hybridized carbons (Fsp3) is 0.143. The molecule has 1 atom stereocenters. The maximum atomic E-state index is 11.8. The van der Waals surface area contributed by atoms with Gasteiger partial charge in [0.2, 0.25) is 0 Å². The Morgan fingerprint density at radius 1 is 1.16 bits per heavy atom. The van der Waals surface area contributed by atoms with Gasteiger partial charge in [-0.05, 0) is 18.2 Å². The first kappa shape index (κ1) is 19.7. The lowest BCUT2D eigenvalue weighted by atomic mass is 9.98. The predicted molar refractivity (Wildman–Crippen MR) is 120 cm³/mol. The lowest BCUT2D eigenvalue weighted by Crippen LogP contribution is -2.24. The zero-order valence-electron chi connectivity index (χ0n) is 15.9. The number of amides is 1. The Kier molecular flexibility index (Phi) is 4.91. The van der Waals surface area contributed by atoms with Crippen molar-refractivity contribution in [2.75, 3.05) is 5.75 Å². The SMILES string of the molecule is O=C1CSC(N2N=C(c3ccccc3[N+](=O)[O-])CC2c2cc3ccccc3nc2Cl)=N1. The molecule has 1 amide bonds. The third-order valence-electron chi connectivity index (χ3n) is 5.13. The number of carbonyl (C=O) groups excluding carboxylic acids is 1. The summed E-state index contributed by atoms with van der Waals surface area (Å²) >= 11 is 7.83. The quantitative estimate of drug-likeness (QED) is 0.328. The number of fused-ring (bicyclic) bond motifs is 1. The second kappa shape index (κ2) is 7.75. The first-order valence-electron chi connectivity index (χ1n) is 9.41. The van der Waals surface area contributed by atoms with Crippen LogP contribution in [0.4, 0.5) is 5.69 Å². The summed E-state index contributed by atoms with van der Waals surface area (Å²) in [5.74, 6) is -0.00526. The number of amidine groups is 1. The van der Waals surface area contributed by atoms with Crippen LogP contribution in [0.3, 0.4) is 0 Å². The van der Waals surface area contributed by atoms with Gasteiger partial charge in [-0.1, -0.05) is 53.7 Å². The van der Waals surface area contributed by atoms with E-state index in [2.05, 4.69) is 15.1 Å². The standard InChI is InChI=1S/C21H14ClN5O3S/c22-20-14(9-12-5-1-3-7-15(12)23-20)18-10-16(13-6-2-4-8-17(13)27(29)30)25-26(18)21-24-19(28)11-31-21/h1-9,18H,10-11H2. The van der Waals surface area contributed by atoms with E-state index in [-0.39, 0.29) is 17.3 Å². The minimum Gasteiger partial charge on any atom is -0.272 e. The number of thioether (sulfide) groups is 1. The van der Waals surface area contributed by atoms with Crippen LogP contribution in [0.25, 0.3) is 10.9 Å². The molecular weight excluding hydrogens is 438 g/mol. The molecule has 31 heavy (non-hydrogen) atoms. The fourth-order valence-electron chi connectivity index (χ4n) is 3.73. The van der Waals surface area contributed by atoms with E-state index in [1.54, 1.807) is 23.2 Å². The van der Waals surface area contributed by atoms with Crippen molar-refractivity contribution in [1.29, 1.82) is 0 Å². The van der Waals surface area contributed by atoms with Crippen LogP contribution in [0.15, 0.2) is 64.7 Å². The molecule has 2 aromatic carbocycles. The highest BCUT2D eigenvalue weighted by atomic mass is 35.5. The molecule has 0 fully saturated rings. The zero-order chi connectivity index (χ0) is 21.5. The number of benzene rings is 2. The van der Waals surface area contributed by atoms with Gasteiger partial charge < -0.3 is 0 Å². The van der Waals surface area contributed by atoms with Crippen LogP contribution in [-0.2, 0) is 4.79 Å². The van der Waals surface area contributed by atoms with Gasteiger partial charge in [0.05, 0.1) is 33.5 Å². The number of nitro benzene ring substituents is 1. The van der Waals surface area contributed by atoms with Gasteiger partial charge in [-0.25, -0.2) is 9.99 Å². The number of halogens is 1. The van der Waals surface area contributed by atoms with Crippen molar-refractivity contribution in [3.63, 3.8) is 0 Å². The molecule has 2 aliphatic rings. The smallest absolute Gasteiger partial charge is 0.272 e. The van der Waals surface area contributed by atoms with Gasteiger partial charge in [0.15, 0.2) is 5.17 Å². The summed E-state index contributed by atoms with van der Waals surface area (Å²) in [7, 11) is 0. The molecule has 2 aliphatic heterocycles. The van der Waals surface area contributed by atoms with Gasteiger partial charge in [-0.3, -0.25) is 14.9 Å². The highest BCUT2D eigenvalue weighted by molar-refractivity contribution is 8.14. The van der Waals surface area contributed by atoms with Gasteiger partial charge >= 0.3 is 0 Å². The Hall–Kier alpha value is -3.30. The van der Waals surface area contributed by atoms with Crippen molar-refractivity contribution in [1.82, 2.24) is 9.99 Å². The van der Waals surface area contributed by atoms with Crippen molar-refractivity contribution in [3.05, 3.63) is 81.0 Å². The normalized spacial score (nSPS) is 18.4. The van der Waals surface area contributed by atoms with E-state index < -0.39 is 11.0 Å². The summed E-state index contributed by atoms with van der Waals surface area (Å²) in [6, 6.07) is 15.7. The van der Waals surface area contributed by atoms with Crippen LogP contribution < -0.4 is 0 Å². The second-order valence-electron chi connectivity index (χ2n) is 7.02. The Morgan fingerprint density at radius 2 is 1.94 bits per heavy atom. The fourth-order valence-corrected chi connectivity index (χ4v) is 4.78. The lowest BCUT2D eigenvalue weighted by molar-refractivity contribution is -0.385. The largest absolute Gasteiger partial charge is 0.278 e. The van der Waals surface area contributed by atoms with Crippen LogP contribution in [0.2, 0.25) is 5.15 Å². The number of rotatable bonds is 3. The van der Waals surface area contributed by atoms with Gasteiger partial charge in [-0.2, -0.15) is 10.1 Å². The molecular formula is C21H14ClN5O3S. The molecule has 0 saturated heterocycles. The van der Waals surface area contributed by atoms with E-state index in [4.69, 9.17) is 11.6 Å². The van der Waals surface area contributed by atoms with Crippen LogP contribution in [0, 0.1) is 10.1 Å². The highest BCUT2D eigenvalue weighted by Gasteiger charge is 2.37. The summed E-state index contributed by atoms with van der Waals surface area (Å²) in [5.41, 5.74) is 2.43. The van der Waals surface area contributed by atoms with Crippen LogP contribution in [-0.4, -0.2) is 37.5 Å². The third kappa shape index (κ3) is 3.55. The molecule has 8 nitrogen and oxygen atoms in total. The van der Waals surface area contributed by atoms with Crippen LogP contribution >= 0.6 is 23.4 Å².